The van der Waals surface area contributed by atoms with E-state index in [2.05, 4.69) is 77.8 Å². The number of aromatic nitrogens is 2. The molecule has 6 N–H and O–H groups in total. The number of hydrogen-bond acceptors (Lipinski definition) is 16. The summed E-state index contributed by atoms with van der Waals surface area (Å²) in [4.78, 5) is 83.0. The van der Waals surface area contributed by atoms with Gasteiger partial charge in [-0.05, 0) is 147 Å². The number of hydrogen-bond donors (Lipinski definition) is 6. The number of benzene rings is 4. The summed E-state index contributed by atoms with van der Waals surface area (Å²) >= 11 is 6.28. The average molecular weight is 1240 g/mol. The quantitative estimate of drug-likeness (QED) is 0.0375. The van der Waals surface area contributed by atoms with Crippen LogP contribution in [0.15, 0.2) is 114 Å². The van der Waals surface area contributed by atoms with Gasteiger partial charge >= 0.3 is 0 Å². The SMILES string of the molecule is C[C@H]1CN([C@H]2CC[C@@H](CNc3ccc(S(=O)(=O)NC(=O)c4ccc(N5CCN(CC6=C(c7ccc(Cl)cc7)CC(C)(C)CC6)CC5)cc4Oc4cnc5[nH]ccc5c4)cc3[NH+]([O-])O)CC2)CCN1Cc1ccc2c(c1)C(=O)N(C1CCC(=O)NC1=O)C2=O. The second-order valence-corrected chi connectivity index (χ2v) is 27.3. The molecule has 462 valence electrons. The standard InChI is InChI=1S/C65H74ClN11O10S/c1-40-37-75(29-28-74(40)38-42-6-15-51-53(30-42)64(82)76(63(51)81)56-18-19-59(78)70-62(56)80)47-11-4-41(5-12-47)35-68-55-17-14-50(33-57(55)77(83)84)88(85,86)71-61(79)52-16-13-48(32-58(52)87-49-31-44-21-23-67-60(44)69-36-49)73-26-24-72(25-27-73)39-45-20-22-65(2,3)34-54(45)43-7-9-46(66)10-8-43/h6-10,13-17,21,23,30-33,36,40-41,47,56,68,77,83H,4-5,11-12,18-20,22,24-29,34-35,37-39H2,1-3H3,(H,67,69)(H,71,79)(H,70,78,80)/t40-,41-,47+,56?/m0/s1. The van der Waals surface area contributed by atoms with Crippen LogP contribution < -0.4 is 30.2 Å². The van der Waals surface area contributed by atoms with Crippen molar-refractivity contribution in [3.05, 3.63) is 147 Å². The Labute approximate surface area is 516 Å². The fourth-order valence-corrected chi connectivity index (χ4v) is 14.8. The second kappa shape index (κ2) is 25.2. The van der Waals surface area contributed by atoms with E-state index in [1.54, 1.807) is 42.6 Å². The van der Waals surface area contributed by atoms with Gasteiger partial charge in [0.05, 0.1) is 33.5 Å². The number of rotatable bonds is 17. The maximum Gasteiger partial charge on any atom is 0.268 e. The number of aromatic amines is 1. The van der Waals surface area contributed by atoms with Crippen molar-refractivity contribution < 1.29 is 47.6 Å². The van der Waals surface area contributed by atoms with Gasteiger partial charge in [0.2, 0.25) is 11.8 Å². The van der Waals surface area contributed by atoms with Crippen molar-refractivity contribution in [1.82, 2.24) is 39.6 Å². The third-order valence-electron chi connectivity index (χ3n) is 18.7. The molecule has 0 spiro atoms. The molecule has 4 fully saturated rings. The van der Waals surface area contributed by atoms with Gasteiger partial charge in [0.15, 0.2) is 5.69 Å². The summed E-state index contributed by atoms with van der Waals surface area (Å²) in [5, 5.41) is 28.9. The normalized spacial score (nSPS) is 22.7. The maximum atomic E-state index is 14.2. The van der Waals surface area contributed by atoms with E-state index >= 15 is 0 Å². The first kappa shape index (κ1) is 60.7. The minimum absolute atomic E-state index is 0.0417. The third-order valence-corrected chi connectivity index (χ3v) is 20.3. The zero-order valence-electron chi connectivity index (χ0n) is 49.7. The number of ether oxygens (including phenoxy) is 1. The van der Waals surface area contributed by atoms with E-state index < -0.39 is 50.8 Å². The molecule has 4 aromatic carbocycles. The molecule has 3 saturated heterocycles. The highest BCUT2D eigenvalue weighted by Gasteiger charge is 2.45. The first-order chi connectivity index (χ1) is 42.2. The minimum atomic E-state index is -4.60. The highest BCUT2D eigenvalue weighted by Crippen LogP contribution is 2.44. The van der Waals surface area contributed by atoms with Crippen molar-refractivity contribution in [2.75, 3.05) is 69.1 Å². The Hall–Kier alpha value is -7.54. The van der Waals surface area contributed by atoms with Crippen molar-refractivity contribution in [3.8, 4) is 11.5 Å². The van der Waals surface area contributed by atoms with Gasteiger partial charge in [0.1, 0.15) is 23.2 Å². The van der Waals surface area contributed by atoms with E-state index in [0.717, 1.165) is 117 Å². The third kappa shape index (κ3) is 13.1. The van der Waals surface area contributed by atoms with Crippen LogP contribution in [0.3, 0.4) is 0 Å². The fraction of sp³-hybridized carbons (Fsp3) is 0.415. The van der Waals surface area contributed by atoms with Gasteiger partial charge in [-0.3, -0.25) is 48.9 Å². The number of nitrogens with one attached hydrogen (secondary N) is 5. The highest BCUT2D eigenvalue weighted by atomic mass is 35.5. The van der Waals surface area contributed by atoms with Crippen molar-refractivity contribution in [2.45, 2.75) is 108 Å². The molecule has 23 heteroatoms. The average Bonchev–Trinajstić information content (AvgIpc) is 1.66. The number of H-pyrrole nitrogens is 1. The molecule has 21 nitrogen and oxygen atoms in total. The number of pyridine rings is 1. The number of carbonyl (C=O) groups excluding carboxylic acids is 5. The molecule has 88 heavy (non-hydrogen) atoms. The number of amides is 5. The number of anilines is 2. The van der Waals surface area contributed by atoms with Crippen molar-refractivity contribution in [1.29, 1.82) is 0 Å². The van der Waals surface area contributed by atoms with E-state index in [1.807, 2.05) is 24.3 Å². The lowest BCUT2D eigenvalue weighted by Crippen LogP contribution is -2.99. The summed E-state index contributed by atoms with van der Waals surface area (Å²) in [6.45, 7) is 14.3. The number of quaternary nitrogens is 1. The molecule has 1 saturated carbocycles. The Morgan fingerprint density at radius 2 is 1.64 bits per heavy atom. The largest absolute Gasteiger partial charge is 0.595 e. The van der Waals surface area contributed by atoms with Gasteiger partial charge in [-0.25, -0.2) is 23.3 Å². The highest BCUT2D eigenvalue weighted by molar-refractivity contribution is 7.90. The van der Waals surface area contributed by atoms with Gasteiger partial charge in [-0.2, -0.15) is 5.23 Å². The first-order valence-corrected chi connectivity index (χ1v) is 32.3. The summed E-state index contributed by atoms with van der Waals surface area (Å²) < 4.78 is 36.7. The molecule has 0 bridgehead atoms. The maximum absolute atomic E-state index is 14.2. The zero-order valence-corrected chi connectivity index (χ0v) is 51.2. The molecule has 12 rings (SSSR count). The number of imide groups is 2. The summed E-state index contributed by atoms with van der Waals surface area (Å²) in [5.41, 5.74) is 7.15. The Morgan fingerprint density at radius 1 is 0.864 bits per heavy atom. The summed E-state index contributed by atoms with van der Waals surface area (Å²) in [6.07, 6.45) is 10.4. The molecular weight excluding hydrogens is 1160 g/mol. The smallest absolute Gasteiger partial charge is 0.268 e. The Bertz CT molecular complexity index is 3840. The molecule has 3 atom stereocenters. The zero-order chi connectivity index (χ0) is 61.6. The van der Waals surface area contributed by atoms with E-state index in [-0.39, 0.29) is 68.9 Å². The molecular formula is C65H74ClN11O10S. The second-order valence-electron chi connectivity index (χ2n) is 25.2. The van der Waals surface area contributed by atoms with Crippen LogP contribution in [0.2, 0.25) is 5.02 Å². The molecule has 2 aliphatic carbocycles. The Kier molecular flexibility index (Phi) is 17.4. The van der Waals surface area contributed by atoms with E-state index in [1.165, 1.54) is 35.0 Å². The van der Waals surface area contributed by atoms with Crippen LogP contribution in [-0.4, -0.2) is 150 Å². The predicted octanol–water partition coefficient (Wildman–Crippen LogP) is 7.89. The van der Waals surface area contributed by atoms with Gasteiger partial charge in [-0.1, -0.05) is 49.2 Å². The summed E-state index contributed by atoms with van der Waals surface area (Å²) in [7, 11) is -4.60. The monoisotopic (exact) mass is 1240 g/mol. The lowest BCUT2D eigenvalue weighted by molar-refractivity contribution is -0.990. The molecule has 0 radical (unpaired) electrons. The van der Waals surface area contributed by atoms with Crippen LogP contribution in [0.4, 0.5) is 17.1 Å². The molecule has 6 heterocycles. The molecule has 6 aliphatic rings. The number of fused-ring (bicyclic) bond motifs is 2. The van der Waals surface area contributed by atoms with E-state index in [9.17, 15) is 42.8 Å². The summed E-state index contributed by atoms with van der Waals surface area (Å²) in [6, 6.07) is 25.5. The summed E-state index contributed by atoms with van der Waals surface area (Å²) in [5.74, 6) is -2.34. The first-order valence-electron chi connectivity index (χ1n) is 30.4. The molecule has 2 unspecified atom stereocenters. The number of allylic oxidation sites excluding steroid dienone is 1. The van der Waals surface area contributed by atoms with Crippen LogP contribution in [0, 0.1) is 16.5 Å². The number of piperazine rings is 2. The number of carbonyl (C=O) groups is 5. The van der Waals surface area contributed by atoms with Crippen LogP contribution in [-0.2, 0) is 26.2 Å². The number of nitrogens with zero attached hydrogens (tertiary/aromatic N) is 6. The van der Waals surface area contributed by atoms with Crippen LogP contribution in [0.1, 0.15) is 121 Å². The lowest BCUT2D eigenvalue weighted by Gasteiger charge is -2.45. The topological polar surface area (TPSA) is 257 Å². The van der Waals surface area contributed by atoms with Gasteiger partial charge < -0.3 is 25.1 Å². The molecule has 5 amide bonds. The fourth-order valence-electron chi connectivity index (χ4n) is 13.6. The molecule has 4 aliphatic heterocycles. The van der Waals surface area contributed by atoms with Crippen LogP contribution in [0.5, 0.6) is 11.5 Å². The number of sulfonamides is 1. The van der Waals surface area contributed by atoms with Gasteiger partial charge in [0.25, 0.3) is 27.7 Å². The van der Waals surface area contributed by atoms with Crippen molar-refractivity contribution in [3.63, 3.8) is 0 Å². The minimum Gasteiger partial charge on any atom is -0.595 e. The predicted molar refractivity (Wildman–Crippen MR) is 333 cm³/mol. The van der Waals surface area contributed by atoms with Crippen LogP contribution >= 0.6 is 11.6 Å². The molecule has 2 aromatic heterocycles. The van der Waals surface area contributed by atoms with Crippen molar-refractivity contribution >= 4 is 84.8 Å². The molecule has 6 aromatic rings. The van der Waals surface area contributed by atoms with Gasteiger partial charge in [0, 0.05) is 118 Å². The van der Waals surface area contributed by atoms with E-state index in [4.69, 9.17) is 16.3 Å². The van der Waals surface area contributed by atoms with Crippen molar-refractivity contribution in [2.24, 2.45) is 11.3 Å². The Morgan fingerprint density at radius 3 is 2.39 bits per heavy atom. The lowest BCUT2D eigenvalue weighted by atomic mass is 9.72. The van der Waals surface area contributed by atoms with Crippen LogP contribution in [0.25, 0.3) is 16.6 Å². The number of halogens is 1. The number of piperidine rings is 1. The van der Waals surface area contributed by atoms with Gasteiger partial charge in [-0.15, -0.1) is 0 Å². The Balaban J connectivity index is 0.652. The van der Waals surface area contributed by atoms with E-state index in [0.29, 0.717) is 43.6 Å².